The van der Waals surface area contributed by atoms with E-state index in [0.717, 1.165) is 23.9 Å². The van der Waals surface area contributed by atoms with Gasteiger partial charge in [-0.25, -0.2) is 4.68 Å². The Hall–Kier alpha value is -1.37. The molecule has 1 aliphatic heterocycles. The first-order valence-corrected chi connectivity index (χ1v) is 8.67. The van der Waals surface area contributed by atoms with Gasteiger partial charge in [-0.1, -0.05) is 11.6 Å². The second-order valence-electron chi connectivity index (χ2n) is 6.37. The summed E-state index contributed by atoms with van der Waals surface area (Å²) in [5.41, 5.74) is 0.827. The Morgan fingerprint density at radius 3 is 3.00 bits per heavy atom. The van der Waals surface area contributed by atoms with Crippen molar-refractivity contribution in [1.82, 2.24) is 19.7 Å². The molecule has 0 radical (unpaired) electrons. The quantitative estimate of drug-likeness (QED) is 0.854. The summed E-state index contributed by atoms with van der Waals surface area (Å²) in [5, 5.41) is 3.95. The van der Waals surface area contributed by atoms with Crippen LogP contribution in [0, 0.1) is 10.7 Å². The van der Waals surface area contributed by atoms with Crippen LogP contribution in [-0.2, 0) is 6.67 Å². The molecule has 2 unspecified atom stereocenters. The molecule has 2 heterocycles. The van der Waals surface area contributed by atoms with Gasteiger partial charge < -0.3 is 4.74 Å². The molecule has 5 nitrogen and oxygen atoms in total. The molecule has 0 amide bonds. The number of piperidine rings is 1. The third kappa shape index (κ3) is 2.79. The summed E-state index contributed by atoms with van der Waals surface area (Å²) in [6.45, 7) is 1.94. The van der Waals surface area contributed by atoms with Crippen molar-refractivity contribution in [2.24, 2.45) is 5.92 Å². The summed E-state index contributed by atoms with van der Waals surface area (Å²) in [6, 6.07) is 6.19. The number of rotatable bonds is 4. The number of aromatic amines is 1. The topological polar surface area (TPSA) is 46.1 Å². The minimum Gasteiger partial charge on any atom is -0.496 e. The first-order valence-electron chi connectivity index (χ1n) is 7.89. The van der Waals surface area contributed by atoms with E-state index in [0.29, 0.717) is 21.7 Å². The van der Waals surface area contributed by atoms with E-state index in [1.165, 1.54) is 25.8 Å². The van der Waals surface area contributed by atoms with Gasteiger partial charge in [-0.15, -0.1) is 0 Å². The van der Waals surface area contributed by atoms with Crippen LogP contribution in [0.2, 0.25) is 5.02 Å². The van der Waals surface area contributed by atoms with Crippen LogP contribution in [0.25, 0.3) is 11.4 Å². The standard InChI is InChI=1S/C16H19ClN4OS/c1-22-14-5-3-11(17)7-13(14)15-18-16(23)21(19-15)9-20-8-10-2-4-12(20)6-10/h3,5,7,10,12H,2,4,6,8-9H2,1H3,(H,18,19,23). The van der Waals surface area contributed by atoms with Crippen LogP contribution >= 0.6 is 23.8 Å². The van der Waals surface area contributed by atoms with Crippen molar-refractivity contribution < 1.29 is 4.74 Å². The van der Waals surface area contributed by atoms with Crippen molar-refractivity contribution in [2.45, 2.75) is 32.0 Å². The Bertz CT molecular complexity index is 787. The predicted molar refractivity (Wildman–Crippen MR) is 92.2 cm³/mol. The lowest BCUT2D eigenvalue weighted by Crippen LogP contribution is -2.34. The average molecular weight is 351 g/mol. The molecule has 0 spiro atoms. The monoisotopic (exact) mass is 350 g/mol. The Labute approximate surface area is 145 Å². The fourth-order valence-corrected chi connectivity index (χ4v) is 4.19. The lowest BCUT2D eigenvalue weighted by molar-refractivity contribution is 0.158. The van der Waals surface area contributed by atoms with Crippen molar-refractivity contribution in [3.8, 4) is 17.1 Å². The number of likely N-dealkylation sites (tertiary alicyclic amines) is 1. The van der Waals surface area contributed by atoms with Crippen molar-refractivity contribution in [3.05, 3.63) is 28.0 Å². The Balaban J connectivity index is 1.62. The number of hydrogen-bond donors (Lipinski definition) is 1. The van der Waals surface area contributed by atoms with E-state index in [1.54, 1.807) is 13.2 Å². The maximum Gasteiger partial charge on any atom is 0.217 e. The van der Waals surface area contributed by atoms with Crippen LogP contribution in [0.3, 0.4) is 0 Å². The number of halogens is 1. The van der Waals surface area contributed by atoms with Gasteiger partial charge in [0.25, 0.3) is 0 Å². The van der Waals surface area contributed by atoms with Crippen LogP contribution in [0.4, 0.5) is 0 Å². The van der Waals surface area contributed by atoms with Gasteiger partial charge in [0.1, 0.15) is 5.75 Å². The van der Waals surface area contributed by atoms with E-state index in [1.807, 2.05) is 16.8 Å². The molecule has 7 heteroatoms. The van der Waals surface area contributed by atoms with Crippen molar-refractivity contribution in [3.63, 3.8) is 0 Å². The van der Waals surface area contributed by atoms with Gasteiger partial charge in [0.2, 0.25) is 4.77 Å². The average Bonchev–Trinajstić information content (AvgIpc) is 3.24. The van der Waals surface area contributed by atoms with Gasteiger partial charge >= 0.3 is 0 Å². The molecule has 2 atom stereocenters. The van der Waals surface area contributed by atoms with E-state index >= 15 is 0 Å². The molecule has 23 heavy (non-hydrogen) atoms. The van der Waals surface area contributed by atoms with E-state index in [-0.39, 0.29) is 0 Å². The third-order valence-electron chi connectivity index (χ3n) is 4.94. The first kappa shape index (κ1) is 15.2. The minimum absolute atomic E-state index is 0.560. The molecular formula is C16H19ClN4OS. The molecule has 122 valence electrons. The largest absolute Gasteiger partial charge is 0.496 e. The number of H-pyrrole nitrogens is 1. The second-order valence-corrected chi connectivity index (χ2v) is 7.17. The van der Waals surface area contributed by atoms with E-state index in [4.69, 9.17) is 28.6 Å². The van der Waals surface area contributed by atoms with E-state index in [2.05, 4.69) is 15.0 Å². The summed E-state index contributed by atoms with van der Waals surface area (Å²) >= 11 is 11.5. The second kappa shape index (κ2) is 5.92. The highest BCUT2D eigenvalue weighted by molar-refractivity contribution is 7.71. The maximum absolute atomic E-state index is 6.11. The van der Waals surface area contributed by atoms with Crippen molar-refractivity contribution in [2.75, 3.05) is 13.7 Å². The molecule has 1 aliphatic carbocycles. The van der Waals surface area contributed by atoms with Gasteiger partial charge in [0.15, 0.2) is 5.82 Å². The molecule has 2 aromatic rings. The molecule has 1 aromatic carbocycles. The smallest absolute Gasteiger partial charge is 0.217 e. The Morgan fingerprint density at radius 2 is 2.30 bits per heavy atom. The number of nitrogens with zero attached hydrogens (tertiary/aromatic N) is 3. The molecule has 1 saturated carbocycles. The normalized spacial score (nSPS) is 23.6. The van der Waals surface area contributed by atoms with Gasteiger partial charge in [0.05, 0.1) is 19.3 Å². The van der Waals surface area contributed by atoms with Crippen molar-refractivity contribution >= 4 is 23.8 Å². The van der Waals surface area contributed by atoms with E-state index < -0.39 is 0 Å². The molecule has 1 saturated heterocycles. The number of benzene rings is 1. The van der Waals surface area contributed by atoms with Gasteiger partial charge in [-0.3, -0.25) is 10.00 Å². The summed E-state index contributed by atoms with van der Waals surface area (Å²) in [4.78, 5) is 6.99. The number of aromatic nitrogens is 3. The molecule has 2 fully saturated rings. The van der Waals surface area contributed by atoms with Crippen LogP contribution in [0.15, 0.2) is 18.2 Å². The first-order chi connectivity index (χ1) is 11.1. The molecule has 2 bridgehead atoms. The van der Waals surface area contributed by atoms with Crippen LogP contribution in [0.1, 0.15) is 19.3 Å². The molecular weight excluding hydrogens is 332 g/mol. The molecule has 4 rings (SSSR count). The van der Waals surface area contributed by atoms with Gasteiger partial charge in [-0.2, -0.15) is 4.98 Å². The number of nitrogens with one attached hydrogen (secondary N) is 1. The molecule has 1 aromatic heterocycles. The summed E-state index contributed by atoms with van der Waals surface area (Å²) < 4.78 is 7.90. The predicted octanol–water partition coefficient (Wildman–Crippen LogP) is 3.71. The fraction of sp³-hybridized carbons (Fsp3) is 0.500. The highest BCUT2D eigenvalue weighted by Gasteiger charge is 2.37. The Kier molecular flexibility index (Phi) is 3.91. The number of methoxy groups -OCH3 is 1. The number of fused-ring (bicyclic) bond motifs is 2. The maximum atomic E-state index is 6.11. The third-order valence-corrected chi connectivity index (χ3v) is 5.49. The van der Waals surface area contributed by atoms with Crippen LogP contribution in [-0.4, -0.2) is 39.4 Å². The van der Waals surface area contributed by atoms with Crippen molar-refractivity contribution in [1.29, 1.82) is 0 Å². The fourth-order valence-electron chi connectivity index (χ4n) is 3.82. The van der Waals surface area contributed by atoms with Gasteiger partial charge in [0, 0.05) is 17.6 Å². The lowest BCUT2D eigenvalue weighted by atomic mass is 10.1. The Morgan fingerprint density at radius 1 is 1.43 bits per heavy atom. The van der Waals surface area contributed by atoms with E-state index in [9.17, 15) is 0 Å². The molecule has 2 aliphatic rings. The summed E-state index contributed by atoms with van der Waals surface area (Å²) in [5.74, 6) is 2.29. The SMILES string of the molecule is COc1ccc(Cl)cc1-c1nc(=S)n(CN2CC3CCC2C3)[nH]1. The highest BCUT2D eigenvalue weighted by atomic mass is 35.5. The van der Waals surface area contributed by atoms with Crippen LogP contribution < -0.4 is 4.74 Å². The lowest BCUT2D eigenvalue weighted by Gasteiger charge is -2.26. The highest BCUT2D eigenvalue weighted by Crippen LogP contribution is 2.37. The zero-order valence-electron chi connectivity index (χ0n) is 13.0. The summed E-state index contributed by atoms with van der Waals surface area (Å²) in [6.07, 6.45) is 4.01. The zero-order chi connectivity index (χ0) is 16.0. The number of ether oxygens (including phenoxy) is 1. The summed E-state index contributed by atoms with van der Waals surface area (Å²) in [7, 11) is 1.64. The number of hydrogen-bond acceptors (Lipinski definition) is 4. The minimum atomic E-state index is 0.560. The van der Waals surface area contributed by atoms with Gasteiger partial charge in [-0.05, 0) is 55.6 Å². The molecule has 1 N–H and O–H groups in total. The van der Waals surface area contributed by atoms with Crippen LogP contribution in [0.5, 0.6) is 5.75 Å². The zero-order valence-corrected chi connectivity index (χ0v) is 14.5.